The number of esters is 1. The van der Waals surface area contributed by atoms with Crippen molar-refractivity contribution in [1.29, 1.82) is 0 Å². The predicted molar refractivity (Wildman–Crippen MR) is 294 cm³/mol. The van der Waals surface area contributed by atoms with Crippen LogP contribution in [0, 0.1) is 76.5 Å². The van der Waals surface area contributed by atoms with Gasteiger partial charge in [0, 0.05) is 92.7 Å². The third-order valence-electron chi connectivity index (χ3n) is 21.4. The fourth-order valence-corrected chi connectivity index (χ4v) is 17.4. The topological polar surface area (TPSA) is 250 Å². The van der Waals surface area contributed by atoms with Crippen molar-refractivity contribution in [3.05, 3.63) is 154 Å². The van der Waals surface area contributed by atoms with Crippen LogP contribution in [-0.4, -0.2) is 127 Å². The Kier molecular flexibility index (Phi) is 12.4. The number of amides is 5. The third kappa shape index (κ3) is 8.17. The molecule has 5 amide bonds. The van der Waals surface area contributed by atoms with Crippen LogP contribution in [0.25, 0.3) is 0 Å². The fourth-order valence-electron chi connectivity index (χ4n) is 17.4. The number of piperidine rings is 3. The Balaban J connectivity index is 0.000000111. The molecule has 0 spiro atoms. The minimum atomic E-state index is -0.941. The summed E-state index contributed by atoms with van der Waals surface area (Å²) in [4.78, 5) is 121. The van der Waals surface area contributed by atoms with Gasteiger partial charge in [-0.1, -0.05) is 12.1 Å². The summed E-state index contributed by atoms with van der Waals surface area (Å²) in [5, 5.41) is 15.4. The second-order valence-corrected chi connectivity index (χ2v) is 25.3. The molecule has 9 heterocycles. The van der Waals surface area contributed by atoms with Gasteiger partial charge in [0.1, 0.15) is 40.0 Å². The molecule has 17 rings (SSSR count). The largest absolute Gasteiger partial charge is 0.503 e. The minimum absolute atomic E-state index is 0.0138. The molecule has 452 valence electrons. The van der Waals surface area contributed by atoms with Crippen LogP contribution >= 0.6 is 0 Å². The van der Waals surface area contributed by atoms with E-state index in [9.17, 15) is 65.8 Å². The van der Waals surface area contributed by atoms with Crippen LogP contribution in [0.2, 0.25) is 0 Å². The average Bonchev–Trinajstić information content (AvgIpc) is 1.56. The Bertz CT molecular complexity index is 4130. The van der Waals surface area contributed by atoms with Gasteiger partial charge in [-0.05, 0) is 104 Å². The molecule has 6 saturated carbocycles. The molecule has 25 heteroatoms. The fraction of sp³-hybridized carbons (Fsp3) is 0.468. The number of hydrogen-bond acceptors (Lipinski definition) is 13. The van der Waals surface area contributed by atoms with Gasteiger partial charge in [-0.25, -0.2) is 22.4 Å². The first kappa shape index (κ1) is 54.9. The molecule has 0 radical (unpaired) electrons. The molecule has 2 aromatic carbocycles. The molecule has 6 aliphatic carbocycles. The standard InChI is InChI=1S/C23H21F2N3O4.C22H19F2N3O4.C17H18N2O5/c1-32-21-19-23(31)28-17-6-14(12-5-13(12)17)18(28)9-27(19)8-15(20(21)29)22(30)26-7-10-2-3-11(24)4-16(10)25;23-10-2-1-9(15(24)3-10)6-25-21(30)14-7-26-8-17-13-5-16(12-4-11(12)13)27(17)22(31)18(26)20(29)19(14)28;1-23-15-13-16(21)19-11-4-9(7-3-8(7)11)12(19)6-18(13)5-10(14(15)20)17(22)24-2/h2-4,8,12-14,17-18H,5-7,9H2,1H3,(H,26,30);1-3,7,11-13,16-17,29H,4-6,8H2,(H,25,30);5,7-9,11-12H,3-4,6H2,1-2H3/t12-,13+,14-,17+,18-;11-,12+,13-,16+,17-;7-,8+,9-,11+,12-/m111/s1. The van der Waals surface area contributed by atoms with Crippen LogP contribution in [0.3, 0.4) is 0 Å². The number of methoxy groups -OCH3 is 3. The zero-order chi connectivity index (χ0) is 60.7. The van der Waals surface area contributed by atoms with Gasteiger partial charge in [0.15, 0.2) is 34.3 Å². The second-order valence-electron chi connectivity index (χ2n) is 25.3. The monoisotopic (exact) mass is 1200 g/mol. The number of pyridine rings is 3. The summed E-state index contributed by atoms with van der Waals surface area (Å²) in [5.41, 5.74) is -2.29. The number of aromatic nitrogens is 3. The normalized spacial score (nSPS) is 30.6. The van der Waals surface area contributed by atoms with Crippen molar-refractivity contribution in [1.82, 2.24) is 39.0 Å². The van der Waals surface area contributed by atoms with Crippen LogP contribution in [0.1, 0.15) is 112 Å². The lowest BCUT2D eigenvalue weighted by Crippen LogP contribution is -2.53. The molecular weight excluding hydrogens is 1140 g/mol. The summed E-state index contributed by atoms with van der Waals surface area (Å²) in [6.07, 6.45) is 10.7. The van der Waals surface area contributed by atoms with Crippen molar-refractivity contribution in [3.63, 3.8) is 0 Å². The van der Waals surface area contributed by atoms with Crippen molar-refractivity contribution in [3.8, 4) is 17.2 Å². The summed E-state index contributed by atoms with van der Waals surface area (Å²) < 4.78 is 73.9. The Hall–Kier alpha value is -8.77. The van der Waals surface area contributed by atoms with Crippen molar-refractivity contribution < 1.29 is 65.6 Å². The number of fused-ring (bicyclic) bond motifs is 27. The van der Waals surface area contributed by atoms with E-state index in [-0.39, 0.29) is 117 Å². The van der Waals surface area contributed by atoms with Gasteiger partial charge in [-0.2, -0.15) is 0 Å². The van der Waals surface area contributed by atoms with Gasteiger partial charge in [-0.3, -0.25) is 38.4 Å². The van der Waals surface area contributed by atoms with Gasteiger partial charge in [0.05, 0.1) is 39.5 Å². The first-order valence-electron chi connectivity index (χ1n) is 29.4. The molecule has 6 bridgehead atoms. The molecule has 0 unspecified atom stereocenters. The van der Waals surface area contributed by atoms with Crippen LogP contribution in [-0.2, 0) is 37.5 Å². The van der Waals surface area contributed by atoms with Crippen molar-refractivity contribution in [2.75, 3.05) is 21.3 Å². The van der Waals surface area contributed by atoms with Gasteiger partial charge in [0.25, 0.3) is 29.5 Å². The lowest BCUT2D eigenvalue weighted by atomic mass is 9.94. The quantitative estimate of drug-likeness (QED) is 0.139. The lowest BCUT2D eigenvalue weighted by molar-refractivity contribution is 0.0456. The number of carbonyl (C=O) groups excluding carboxylic acids is 6. The number of nitrogens with one attached hydrogen (secondary N) is 2. The molecule has 3 saturated heterocycles. The van der Waals surface area contributed by atoms with E-state index in [0.29, 0.717) is 79.1 Å². The molecule has 15 atom stereocenters. The van der Waals surface area contributed by atoms with E-state index >= 15 is 0 Å². The van der Waals surface area contributed by atoms with Gasteiger partial charge < -0.3 is 58.4 Å². The number of benzene rings is 2. The highest BCUT2D eigenvalue weighted by atomic mass is 19.1. The van der Waals surface area contributed by atoms with Crippen LogP contribution < -0.4 is 36.4 Å². The third-order valence-corrected chi connectivity index (χ3v) is 21.4. The second kappa shape index (κ2) is 19.6. The maximum atomic E-state index is 13.9. The lowest BCUT2D eigenvalue weighted by Gasteiger charge is -2.40. The van der Waals surface area contributed by atoms with E-state index in [0.717, 1.165) is 56.2 Å². The smallest absolute Gasteiger partial charge is 0.343 e. The Labute approximate surface area is 491 Å². The first-order valence-corrected chi connectivity index (χ1v) is 29.4. The number of halogens is 4. The highest BCUT2D eigenvalue weighted by Gasteiger charge is 2.69. The summed E-state index contributed by atoms with van der Waals surface area (Å²) in [7, 11) is 3.89. The number of rotatable bonds is 9. The molecule has 5 aromatic rings. The van der Waals surface area contributed by atoms with Crippen molar-refractivity contribution in [2.45, 2.75) is 107 Å². The van der Waals surface area contributed by atoms with E-state index in [1.807, 2.05) is 14.7 Å². The SMILES string of the molecule is COC(=O)c1cn2c(c(OC)c1=O)C(=O)N1[C@H](C2)[C@@H]2C[C@H]1[C@H]1C[C@@H]21.COc1c2n(cc(C(=O)NCc3ccc(F)cc3F)c1=O)C[C@@H]1[C@@H]3C[C@@H]([C@H]4C[C@@H]34)N1C2=O.O=C(NCc1ccc(F)cc1F)c1cn2c(c(O)c1=O)C(=O)N1[C@H](C2)[C@@H]2C[C@H]1[C@H]1C[C@@H]21. The zero-order valence-corrected chi connectivity index (χ0v) is 47.2. The molecular formula is C62H58F4N8O13. The predicted octanol–water partition coefficient (Wildman–Crippen LogP) is 4.06. The summed E-state index contributed by atoms with van der Waals surface area (Å²) >= 11 is 0. The van der Waals surface area contributed by atoms with Gasteiger partial charge in [-0.15, -0.1) is 0 Å². The molecule has 9 fully saturated rings. The maximum absolute atomic E-state index is 13.9. The van der Waals surface area contributed by atoms with Gasteiger partial charge >= 0.3 is 5.97 Å². The van der Waals surface area contributed by atoms with Crippen molar-refractivity contribution in [2.24, 2.45) is 53.3 Å². The molecule has 6 aliphatic heterocycles. The maximum Gasteiger partial charge on any atom is 0.343 e. The summed E-state index contributed by atoms with van der Waals surface area (Å²) in [6.45, 7) is 1.07. The van der Waals surface area contributed by atoms with Crippen LogP contribution in [0.15, 0.2) is 69.4 Å². The highest BCUT2D eigenvalue weighted by Crippen LogP contribution is 2.66. The molecule has 21 nitrogen and oxygen atoms in total. The first-order chi connectivity index (χ1) is 41.8. The number of hydrogen-bond donors (Lipinski definition) is 3. The number of carbonyl (C=O) groups is 6. The Morgan fingerprint density at radius 3 is 1.23 bits per heavy atom. The van der Waals surface area contributed by atoms with E-state index in [1.165, 1.54) is 63.0 Å². The Morgan fingerprint density at radius 2 is 0.839 bits per heavy atom. The molecule has 3 N–H and O–H groups in total. The minimum Gasteiger partial charge on any atom is -0.503 e. The van der Waals surface area contributed by atoms with E-state index in [1.54, 1.807) is 9.13 Å². The van der Waals surface area contributed by atoms with Crippen molar-refractivity contribution >= 4 is 35.5 Å². The van der Waals surface area contributed by atoms with Crippen LogP contribution in [0.5, 0.6) is 17.2 Å². The van der Waals surface area contributed by atoms with E-state index in [4.69, 9.17) is 14.2 Å². The summed E-state index contributed by atoms with van der Waals surface area (Å²) in [6, 6.07) is 7.03. The van der Waals surface area contributed by atoms with Gasteiger partial charge in [0.2, 0.25) is 16.3 Å². The molecule has 12 aliphatic rings. The number of aromatic hydroxyl groups is 1. The van der Waals surface area contributed by atoms with Crippen LogP contribution in [0.4, 0.5) is 17.6 Å². The highest BCUT2D eigenvalue weighted by molar-refractivity contribution is 6.01. The summed E-state index contributed by atoms with van der Waals surface area (Å²) in [5.74, 6) is -1.63. The molecule has 87 heavy (non-hydrogen) atoms. The number of nitrogens with zero attached hydrogens (tertiary/aromatic N) is 6. The Morgan fingerprint density at radius 1 is 0.483 bits per heavy atom. The van der Waals surface area contributed by atoms with E-state index in [2.05, 4.69) is 10.6 Å². The molecule has 3 aromatic heterocycles. The zero-order valence-electron chi connectivity index (χ0n) is 47.2. The average molecular weight is 1200 g/mol. The van der Waals surface area contributed by atoms with E-state index < -0.39 is 63.1 Å². The number of ether oxygens (including phenoxy) is 3.